The highest BCUT2D eigenvalue weighted by atomic mass is 35.5. The lowest BCUT2D eigenvalue weighted by Crippen LogP contribution is -2.27. The first-order valence-electron chi connectivity index (χ1n) is 7.58. The number of halogens is 1. The van der Waals surface area contributed by atoms with Gasteiger partial charge in [0, 0.05) is 31.1 Å². The molecule has 0 aliphatic rings. The smallest absolute Gasteiger partial charge is 0.306 e. The van der Waals surface area contributed by atoms with Crippen LogP contribution in [0.2, 0.25) is 5.02 Å². The van der Waals surface area contributed by atoms with Crippen LogP contribution in [0.25, 0.3) is 6.08 Å². The molecule has 0 aliphatic carbocycles. The van der Waals surface area contributed by atoms with Crippen molar-refractivity contribution in [2.24, 2.45) is 0 Å². The van der Waals surface area contributed by atoms with Gasteiger partial charge >= 0.3 is 5.97 Å². The van der Waals surface area contributed by atoms with Gasteiger partial charge in [0.2, 0.25) is 5.91 Å². The van der Waals surface area contributed by atoms with Crippen LogP contribution in [-0.2, 0) is 14.3 Å². The third kappa shape index (κ3) is 8.41. The van der Waals surface area contributed by atoms with Crippen molar-refractivity contribution in [2.75, 3.05) is 13.6 Å². The standard InChI is InChI=1S/C18H24ClNO3/c1-18(2,3)23-17(22)6-5-13-20(4)16(21)12-9-14-7-10-15(19)11-8-14/h7-12H,5-6,13H2,1-4H3. The summed E-state index contributed by atoms with van der Waals surface area (Å²) in [5.74, 6) is -0.348. The molecule has 0 N–H and O–H groups in total. The number of esters is 1. The topological polar surface area (TPSA) is 46.6 Å². The van der Waals surface area contributed by atoms with E-state index < -0.39 is 5.60 Å². The number of hydrogen-bond donors (Lipinski definition) is 0. The Morgan fingerprint density at radius 2 is 1.83 bits per heavy atom. The minimum atomic E-state index is -0.472. The molecule has 0 bridgehead atoms. The average molecular weight is 338 g/mol. The Labute approximate surface area is 143 Å². The Kier molecular flexibility index (Phi) is 7.30. The van der Waals surface area contributed by atoms with Gasteiger partial charge in [-0.3, -0.25) is 9.59 Å². The molecule has 23 heavy (non-hydrogen) atoms. The second-order valence-corrected chi connectivity index (χ2v) is 6.77. The third-order valence-electron chi connectivity index (χ3n) is 2.96. The third-order valence-corrected chi connectivity index (χ3v) is 3.21. The van der Waals surface area contributed by atoms with Gasteiger partial charge in [0.25, 0.3) is 0 Å². The van der Waals surface area contributed by atoms with E-state index in [9.17, 15) is 9.59 Å². The van der Waals surface area contributed by atoms with Gasteiger partial charge in [-0.05, 0) is 51.0 Å². The Morgan fingerprint density at radius 3 is 2.39 bits per heavy atom. The highest BCUT2D eigenvalue weighted by Gasteiger charge is 2.16. The molecule has 0 fully saturated rings. The highest BCUT2D eigenvalue weighted by Crippen LogP contribution is 2.11. The minimum Gasteiger partial charge on any atom is -0.460 e. The normalized spacial score (nSPS) is 11.5. The fraction of sp³-hybridized carbons (Fsp3) is 0.444. The molecule has 0 aliphatic heterocycles. The number of benzene rings is 1. The number of amides is 1. The van der Waals surface area contributed by atoms with E-state index in [1.165, 1.54) is 6.08 Å². The van der Waals surface area contributed by atoms with Crippen LogP contribution >= 0.6 is 11.6 Å². The molecule has 0 aromatic heterocycles. The predicted molar refractivity (Wildman–Crippen MR) is 93.2 cm³/mol. The van der Waals surface area contributed by atoms with Crippen molar-refractivity contribution in [1.82, 2.24) is 4.90 Å². The first kappa shape index (κ1) is 19.2. The van der Waals surface area contributed by atoms with Crippen LogP contribution in [0.1, 0.15) is 39.2 Å². The molecule has 4 nitrogen and oxygen atoms in total. The van der Waals surface area contributed by atoms with Crippen molar-refractivity contribution < 1.29 is 14.3 Å². The fourth-order valence-electron chi connectivity index (χ4n) is 1.83. The van der Waals surface area contributed by atoms with Gasteiger partial charge in [-0.15, -0.1) is 0 Å². The molecule has 1 rings (SSSR count). The van der Waals surface area contributed by atoms with Crippen LogP contribution < -0.4 is 0 Å². The summed E-state index contributed by atoms with van der Waals surface area (Å²) in [7, 11) is 1.71. The van der Waals surface area contributed by atoms with E-state index >= 15 is 0 Å². The van der Waals surface area contributed by atoms with Gasteiger partial charge in [0.15, 0.2) is 0 Å². The summed E-state index contributed by atoms with van der Waals surface area (Å²) in [4.78, 5) is 25.2. The first-order valence-corrected chi connectivity index (χ1v) is 7.96. The second-order valence-electron chi connectivity index (χ2n) is 6.33. The molecule has 1 amide bonds. The molecular formula is C18H24ClNO3. The first-order chi connectivity index (χ1) is 10.7. The maximum absolute atomic E-state index is 12.0. The summed E-state index contributed by atoms with van der Waals surface area (Å²) in [6.07, 6.45) is 4.13. The van der Waals surface area contributed by atoms with E-state index in [1.54, 1.807) is 30.2 Å². The van der Waals surface area contributed by atoms with Gasteiger partial charge < -0.3 is 9.64 Å². The lowest BCUT2D eigenvalue weighted by atomic mass is 10.2. The monoisotopic (exact) mass is 337 g/mol. The number of ether oxygens (including phenoxy) is 1. The van der Waals surface area contributed by atoms with Gasteiger partial charge in [0.05, 0.1) is 0 Å². The Balaban J connectivity index is 2.36. The zero-order valence-corrected chi connectivity index (χ0v) is 14.9. The number of likely N-dealkylation sites (N-methyl/N-ethyl adjacent to an activating group) is 1. The fourth-order valence-corrected chi connectivity index (χ4v) is 1.96. The summed E-state index contributed by atoms with van der Waals surface area (Å²) in [5.41, 5.74) is 0.435. The lowest BCUT2D eigenvalue weighted by molar-refractivity contribution is -0.155. The molecular weight excluding hydrogens is 314 g/mol. The van der Waals surface area contributed by atoms with Gasteiger partial charge in [-0.1, -0.05) is 23.7 Å². The summed E-state index contributed by atoms with van der Waals surface area (Å²) in [5, 5.41) is 0.660. The van der Waals surface area contributed by atoms with Crippen molar-refractivity contribution in [3.63, 3.8) is 0 Å². The largest absolute Gasteiger partial charge is 0.460 e. The van der Waals surface area contributed by atoms with Crippen molar-refractivity contribution in [2.45, 2.75) is 39.2 Å². The predicted octanol–water partition coefficient (Wildman–Crippen LogP) is 3.93. The number of carbonyl (C=O) groups excluding carboxylic acids is 2. The Bertz CT molecular complexity index is 559. The summed E-state index contributed by atoms with van der Waals surface area (Å²) in [6.45, 7) is 6.01. The van der Waals surface area contributed by atoms with Crippen LogP contribution in [0.5, 0.6) is 0 Å². The summed E-state index contributed by atoms with van der Waals surface area (Å²) < 4.78 is 5.23. The molecule has 0 radical (unpaired) electrons. The summed E-state index contributed by atoms with van der Waals surface area (Å²) in [6, 6.07) is 7.23. The van der Waals surface area contributed by atoms with E-state index in [1.807, 2.05) is 32.9 Å². The Hall–Kier alpha value is -1.81. The van der Waals surface area contributed by atoms with Crippen LogP contribution in [-0.4, -0.2) is 36.0 Å². The molecule has 0 heterocycles. The van der Waals surface area contributed by atoms with E-state index in [0.717, 1.165) is 5.56 Å². The van der Waals surface area contributed by atoms with Crippen LogP contribution in [0.3, 0.4) is 0 Å². The maximum Gasteiger partial charge on any atom is 0.306 e. The SMILES string of the molecule is CN(CCCC(=O)OC(C)(C)C)C(=O)C=Cc1ccc(Cl)cc1. The van der Waals surface area contributed by atoms with Crippen molar-refractivity contribution in [3.8, 4) is 0 Å². The van der Waals surface area contributed by atoms with Crippen molar-refractivity contribution >= 4 is 29.6 Å². The molecule has 0 unspecified atom stereocenters. The second kappa shape index (κ2) is 8.73. The maximum atomic E-state index is 12.0. The van der Waals surface area contributed by atoms with Gasteiger partial charge in [0.1, 0.15) is 5.60 Å². The number of carbonyl (C=O) groups is 2. The van der Waals surface area contributed by atoms with E-state index in [0.29, 0.717) is 24.4 Å². The van der Waals surface area contributed by atoms with Gasteiger partial charge in [-0.2, -0.15) is 0 Å². The molecule has 0 spiro atoms. The quantitative estimate of drug-likeness (QED) is 0.583. The lowest BCUT2D eigenvalue weighted by Gasteiger charge is -2.20. The van der Waals surface area contributed by atoms with Crippen LogP contribution in [0, 0.1) is 0 Å². The minimum absolute atomic E-state index is 0.107. The molecule has 0 atom stereocenters. The Morgan fingerprint density at radius 1 is 1.22 bits per heavy atom. The summed E-state index contributed by atoms with van der Waals surface area (Å²) >= 11 is 5.81. The zero-order chi connectivity index (χ0) is 17.5. The molecule has 0 saturated heterocycles. The van der Waals surface area contributed by atoms with E-state index in [-0.39, 0.29) is 11.9 Å². The number of rotatable bonds is 6. The highest BCUT2D eigenvalue weighted by molar-refractivity contribution is 6.30. The molecule has 1 aromatic carbocycles. The van der Waals surface area contributed by atoms with Crippen LogP contribution in [0.15, 0.2) is 30.3 Å². The molecule has 5 heteroatoms. The average Bonchev–Trinajstić information content (AvgIpc) is 2.44. The van der Waals surface area contributed by atoms with Gasteiger partial charge in [-0.25, -0.2) is 0 Å². The molecule has 0 saturated carbocycles. The van der Waals surface area contributed by atoms with Crippen molar-refractivity contribution in [3.05, 3.63) is 40.9 Å². The number of hydrogen-bond acceptors (Lipinski definition) is 3. The van der Waals surface area contributed by atoms with Crippen molar-refractivity contribution in [1.29, 1.82) is 0 Å². The zero-order valence-electron chi connectivity index (χ0n) is 14.1. The van der Waals surface area contributed by atoms with E-state index in [2.05, 4.69) is 0 Å². The molecule has 1 aromatic rings. The van der Waals surface area contributed by atoms with Crippen LogP contribution in [0.4, 0.5) is 0 Å². The van der Waals surface area contributed by atoms with E-state index in [4.69, 9.17) is 16.3 Å². The number of nitrogens with zero attached hydrogens (tertiary/aromatic N) is 1. The molecule has 126 valence electrons.